The molecular weight excluding hydrogens is 695 g/mol. The first-order valence-corrected chi connectivity index (χ1v) is 15.8. The number of aromatic amines is 1. The summed E-state index contributed by atoms with van der Waals surface area (Å²) in [6.07, 6.45) is -5.35. The molecule has 0 saturated heterocycles. The van der Waals surface area contributed by atoms with Crippen LogP contribution in [0.5, 0.6) is 0 Å². The summed E-state index contributed by atoms with van der Waals surface area (Å²) in [4.78, 5) is 89.3. The first-order chi connectivity index (χ1) is 24.0. The third-order valence-electron chi connectivity index (χ3n) is 6.51. The van der Waals surface area contributed by atoms with Gasteiger partial charge < -0.3 is 31.2 Å². The zero-order valence-corrected chi connectivity index (χ0v) is 29.3. The molecule has 1 aromatic carbocycles. The lowest BCUT2D eigenvalue weighted by Gasteiger charge is -2.25. The zero-order chi connectivity index (χ0) is 39.0. The number of aromatic nitrogens is 4. The molecule has 0 spiro atoms. The summed E-state index contributed by atoms with van der Waals surface area (Å²) in [6.45, 7) is 9.27. The average molecular weight is 736 g/mol. The molecular formula is C32H40F3N9O8. The predicted molar refractivity (Wildman–Crippen MR) is 180 cm³/mol. The number of carbonyl (C=O) groups excluding carboxylic acids is 5. The number of ether oxygens (including phenoxy) is 2. The van der Waals surface area contributed by atoms with Gasteiger partial charge in [0.2, 0.25) is 11.9 Å². The highest BCUT2D eigenvalue weighted by Crippen LogP contribution is 2.26. The van der Waals surface area contributed by atoms with Crippen LogP contribution in [0.2, 0.25) is 0 Å². The highest BCUT2D eigenvalue weighted by Gasteiger charge is 2.43. The summed E-state index contributed by atoms with van der Waals surface area (Å²) >= 11 is 0. The van der Waals surface area contributed by atoms with Crippen molar-refractivity contribution in [1.29, 1.82) is 0 Å². The van der Waals surface area contributed by atoms with Crippen molar-refractivity contribution in [3.63, 3.8) is 0 Å². The monoisotopic (exact) mass is 735 g/mol. The zero-order valence-electron chi connectivity index (χ0n) is 29.3. The molecule has 4 amide bonds. The van der Waals surface area contributed by atoms with Gasteiger partial charge >= 0.3 is 24.1 Å². The molecule has 2 heterocycles. The summed E-state index contributed by atoms with van der Waals surface area (Å²) in [6, 6.07) is 3.09. The van der Waals surface area contributed by atoms with Gasteiger partial charge in [-0.15, -0.1) is 0 Å². The fraction of sp³-hybridized carbons (Fsp3) is 0.469. The van der Waals surface area contributed by atoms with Gasteiger partial charge in [0.05, 0.1) is 18.4 Å². The largest absolute Gasteiger partial charge is 0.471 e. The summed E-state index contributed by atoms with van der Waals surface area (Å²) in [5.41, 5.74) is 1.99. The van der Waals surface area contributed by atoms with Crippen LogP contribution in [0.3, 0.4) is 0 Å². The van der Waals surface area contributed by atoms with Crippen LogP contribution in [-0.4, -0.2) is 86.2 Å². The van der Waals surface area contributed by atoms with Crippen molar-refractivity contribution in [2.75, 3.05) is 23.7 Å². The Morgan fingerprint density at radius 2 is 1.54 bits per heavy atom. The van der Waals surface area contributed by atoms with Crippen molar-refractivity contribution < 1.29 is 46.6 Å². The van der Waals surface area contributed by atoms with E-state index in [9.17, 15) is 41.9 Å². The molecule has 3 aromatic rings. The minimum absolute atomic E-state index is 0.0554. The van der Waals surface area contributed by atoms with E-state index in [4.69, 9.17) is 15.2 Å². The fourth-order valence-electron chi connectivity index (χ4n) is 4.34. The molecule has 6 N–H and O–H groups in total. The van der Waals surface area contributed by atoms with Crippen LogP contribution in [0.4, 0.5) is 29.6 Å². The SMILES string of the molecule is CC(C)(C)OC(=O)NCCNC(=O)CCC(NC(=O)c1ccc(N(Cc2cnc3nc(N)[nH]c(=O)c3n2)C(=O)C(F)(F)F)cc1)C(=O)OC(C)(C)C. The number of halogens is 3. The molecule has 282 valence electrons. The maximum atomic E-state index is 13.6. The number of alkyl carbamates (subject to hydrolysis) is 1. The number of anilines is 2. The van der Waals surface area contributed by atoms with Crippen molar-refractivity contribution in [3.8, 4) is 0 Å². The van der Waals surface area contributed by atoms with Crippen molar-refractivity contribution in [2.24, 2.45) is 0 Å². The van der Waals surface area contributed by atoms with Gasteiger partial charge in [0.1, 0.15) is 17.2 Å². The summed E-state index contributed by atoms with van der Waals surface area (Å²) in [7, 11) is 0. The number of esters is 1. The van der Waals surface area contributed by atoms with E-state index >= 15 is 0 Å². The first-order valence-electron chi connectivity index (χ1n) is 15.8. The smallest absolute Gasteiger partial charge is 0.458 e. The molecule has 0 aliphatic carbocycles. The third kappa shape index (κ3) is 12.5. The first kappa shape index (κ1) is 40.6. The van der Waals surface area contributed by atoms with E-state index in [2.05, 4.69) is 35.9 Å². The number of fused-ring (bicyclic) bond motifs is 1. The third-order valence-corrected chi connectivity index (χ3v) is 6.51. The second-order valence-electron chi connectivity index (χ2n) is 13.3. The number of nitrogen functional groups attached to an aromatic ring is 1. The molecule has 0 bridgehead atoms. The number of benzene rings is 1. The minimum Gasteiger partial charge on any atom is -0.458 e. The summed E-state index contributed by atoms with van der Waals surface area (Å²) < 4.78 is 51.4. The number of rotatable bonds is 12. The molecule has 52 heavy (non-hydrogen) atoms. The van der Waals surface area contributed by atoms with Crippen molar-refractivity contribution >= 4 is 52.6 Å². The molecule has 0 radical (unpaired) electrons. The maximum absolute atomic E-state index is 13.6. The number of hydrogen-bond donors (Lipinski definition) is 5. The Balaban J connectivity index is 1.73. The Morgan fingerprint density at radius 3 is 2.13 bits per heavy atom. The van der Waals surface area contributed by atoms with Gasteiger partial charge in [-0.2, -0.15) is 18.2 Å². The molecule has 20 heteroatoms. The molecule has 0 aliphatic heterocycles. The molecule has 17 nitrogen and oxygen atoms in total. The summed E-state index contributed by atoms with van der Waals surface area (Å²) in [5, 5.41) is 7.54. The fourth-order valence-corrected chi connectivity index (χ4v) is 4.34. The maximum Gasteiger partial charge on any atom is 0.471 e. The second kappa shape index (κ2) is 16.5. The number of amides is 4. The van der Waals surface area contributed by atoms with Crippen molar-refractivity contribution in [1.82, 2.24) is 35.9 Å². The minimum atomic E-state index is -5.31. The Labute approximate surface area is 295 Å². The normalized spacial score (nSPS) is 12.4. The van der Waals surface area contributed by atoms with E-state index in [0.29, 0.717) is 4.90 Å². The van der Waals surface area contributed by atoms with E-state index in [0.717, 1.165) is 30.5 Å². The standard InChI is InChI=1S/C32H40F3N9O8/c1-30(2,3)51-26(48)20(11-12-21(45)37-13-14-38-29(50)52-31(4,5)6)41-24(46)17-7-9-19(10-8-17)44(27(49)32(33,34)35)16-18-15-39-23-22(40-18)25(47)43-28(36)42-23/h7-10,15,20H,11-14,16H2,1-6H3,(H,37,45)(H,38,50)(H,41,46)(H3,36,39,42,43,47). The lowest BCUT2D eigenvalue weighted by Crippen LogP contribution is -2.45. The van der Waals surface area contributed by atoms with Crippen LogP contribution in [0.15, 0.2) is 35.3 Å². The number of nitrogens with two attached hydrogens (primary N) is 1. The topological polar surface area (TPSA) is 241 Å². The molecule has 0 fully saturated rings. The number of H-pyrrole nitrogens is 1. The lowest BCUT2D eigenvalue weighted by atomic mass is 10.1. The summed E-state index contributed by atoms with van der Waals surface area (Å²) in [5.74, 6) is -4.67. The van der Waals surface area contributed by atoms with E-state index in [1.807, 2.05) is 0 Å². The van der Waals surface area contributed by atoms with Crippen LogP contribution in [0.25, 0.3) is 11.2 Å². The Morgan fingerprint density at radius 1 is 0.923 bits per heavy atom. The quantitative estimate of drug-likeness (QED) is 0.133. The van der Waals surface area contributed by atoms with Crippen LogP contribution in [-0.2, 0) is 30.4 Å². The number of alkyl halides is 3. The van der Waals surface area contributed by atoms with Crippen LogP contribution >= 0.6 is 0 Å². The Kier molecular flexibility index (Phi) is 12.9. The van der Waals surface area contributed by atoms with Crippen LogP contribution in [0, 0.1) is 0 Å². The van der Waals surface area contributed by atoms with Gasteiger partial charge in [-0.3, -0.25) is 29.1 Å². The molecule has 1 atom stereocenters. The van der Waals surface area contributed by atoms with Crippen molar-refractivity contribution in [3.05, 3.63) is 52.1 Å². The van der Waals surface area contributed by atoms with Crippen LogP contribution < -0.4 is 32.1 Å². The number of carbonyl (C=O) groups is 5. The van der Waals surface area contributed by atoms with Crippen LogP contribution in [0.1, 0.15) is 70.4 Å². The lowest BCUT2D eigenvalue weighted by molar-refractivity contribution is -0.170. The predicted octanol–water partition coefficient (Wildman–Crippen LogP) is 2.25. The van der Waals surface area contributed by atoms with Gasteiger partial charge in [0.15, 0.2) is 11.2 Å². The van der Waals surface area contributed by atoms with Gasteiger partial charge in [-0.1, -0.05) is 0 Å². The molecule has 1 unspecified atom stereocenters. The molecule has 0 aliphatic rings. The molecule has 2 aromatic heterocycles. The van der Waals surface area contributed by atoms with Gasteiger partial charge in [-0.05, 0) is 72.2 Å². The highest BCUT2D eigenvalue weighted by atomic mass is 19.4. The van der Waals surface area contributed by atoms with Gasteiger partial charge in [-0.25, -0.2) is 19.6 Å². The van der Waals surface area contributed by atoms with Crippen molar-refractivity contribution in [2.45, 2.75) is 84.3 Å². The number of hydrogen-bond acceptors (Lipinski definition) is 12. The Bertz CT molecular complexity index is 1850. The molecule has 0 saturated carbocycles. The Hall–Kier alpha value is -5.82. The van der Waals surface area contributed by atoms with E-state index in [1.54, 1.807) is 41.5 Å². The number of nitrogens with zero attached hydrogens (tertiary/aromatic N) is 4. The second-order valence-corrected chi connectivity index (χ2v) is 13.3. The van der Waals surface area contributed by atoms with Gasteiger partial charge in [0.25, 0.3) is 11.5 Å². The van der Waals surface area contributed by atoms with E-state index in [1.165, 1.54) is 0 Å². The van der Waals surface area contributed by atoms with E-state index < -0.39 is 65.3 Å². The van der Waals surface area contributed by atoms with Gasteiger partial charge in [0, 0.05) is 30.8 Å². The molecule has 3 rings (SSSR count). The number of nitrogens with one attached hydrogen (secondary N) is 4. The van der Waals surface area contributed by atoms with E-state index in [-0.39, 0.29) is 60.0 Å². The highest BCUT2D eigenvalue weighted by molar-refractivity contribution is 5.99. The average Bonchev–Trinajstić information content (AvgIpc) is 3.01.